The zero-order chi connectivity index (χ0) is 17.7. The van der Waals surface area contributed by atoms with Gasteiger partial charge in [0.25, 0.3) is 0 Å². The summed E-state index contributed by atoms with van der Waals surface area (Å²) >= 11 is 0. The van der Waals surface area contributed by atoms with Gasteiger partial charge in [0.1, 0.15) is 23.7 Å². The number of nitrogens with zero attached hydrogens (tertiary/aromatic N) is 5. The minimum atomic E-state index is -0.679. The van der Waals surface area contributed by atoms with E-state index in [0.29, 0.717) is 22.9 Å². The second-order valence-electron chi connectivity index (χ2n) is 5.76. The Morgan fingerprint density at radius 3 is 2.77 bits per heavy atom. The molecule has 0 aliphatic carbocycles. The highest BCUT2D eigenvalue weighted by Crippen LogP contribution is 2.26. The maximum Gasteiger partial charge on any atom is 0.200 e. The third kappa shape index (κ3) is 2.23. The molecule has 126 valence electrons. The number of para-hydroxylation sites is 1. The number of aromatic amines is 1. The first kappa shape index (κ1) is 14.6. The molecule has 2 aromatic carbocycles. The molecule has 0 unspecified atom stereocenters. The van der Waals surface area contributed by atoms with E-state index in [-0.39, 0.29) is 5.56 Å². The molecule has 0 bridgehead atoms. The number of benzene rings is 2. The van der Waals surface area contributed by atoms with Crippen LogP contribution in [0.2, 0.25) is 0 Å². The molecule has 0 saturated carbocycles. The Bertz CT molecular complexity index is 1270. The van der Waals surface area contributed by atoms with Crippen molar-refractivity contribution in [3.05, 3.63) is 66.5 Å². The van der Waals surface area contributed by atoms with Gasteiger partial charge in [0, 0.05) is 17.0 Å². The van der Waals surface area contributed by atoms with Gasteiger partial charge in [0.15, 0.2) is 11.5 Å². The molecule has 0 atom stereocenters. The van der Waals surface area contributed by atoms with Gasteiger partial charge in [-0.25, -0.2) is 23.3 Å². The first-order valence-electron chi connectivity index (χ1n) is 7.80. The molecule has 0 radical (unpaired) electrons. The number of halogens is 2. The van der Waals surface area contributed by atoms with E-state index in [9.17, 15) is 8.78 Å². The van der Waals surface area contributed by atoms with E-state index < -0.39 is 11.6 Å². The van der Waals surface area contributed by atoms with Crippen molar-refractivity contribution in [3.63, 3.8) is 0 Å². The highest BCUT2D eigenvalue weighted by atomic mass is 19.1. The molecule has 5 aromatic rings. The highest BCUT2D eigenvalue weighted by molar-refractivity contribution is 5.91. The Morgan fingerprint density at radius 1 is 1.00 bits per heavy atom. The van der Waals surface area contributed by atoms with E-state index in [1.54, 1.807) is 16.9 Å². The Hall–Kier alpha value is -3.68. The molecule has 8 heteroatoms. The number of H-pyrrole nitrogens is 1. The number of fused-ring (bicyclic) bond motifs is 3. The first-order valence-corrected chi connectivity index (χ1v) is 7.80. The van der Waals surface area contributed by atoms with Crippen molar-refractivity contribution < 1.29 is 8.78 Å². The van der Waals surface area contributed by atoms with Crippen LogP contribution in [0.15, 0.2) is 54.9 Å². The minimum Gasteiger partial charge on any atom is -0.274 e. The molecular formula is C18H10F2N6. The van der Waals surface area contributed by atoms with E-state index in [4.69, 9.17) is 0 Å². The third-order valence-electron chi connectivity index (χ3n) is 4.11. The lowest BCUT2D eigenvalue weighted by Gasteiger charge is -1.97. The van der Waals surface area contributed by atoms with Gasteiger partial charge < -0.3 is 0 Å². The molecule has 0 saturated heterocycles. The summed E-state index contributed by atoms with van der Waals surface area (Å²) in [5, 5.41) is 12.2. The van der Waals surface area contributed by atoms with Gasteiger partial charge in [-0.2, -0.15) is 5.10 Å². The average molecular weight is 348 g/mol. The van der Waals surface area contributed by atoms with Gasteiger partial charge >= 0.3 is 0 Å². The van der Waals surface area contributed by atoms with Crippen molar-refractivity contribution in [2.75, 3.05) is 0 Å². The fourth-order valence-electron chi connectivity index (χ4n) is 2.87. The Labute approximate surface area is 145 Å². The maximum atomic E-state index is 14.0. The fourth-order valence-corrected chi connectivity index (χ4v) is 2.87. The summed E-state index contributed by atoms with van der Waals surface area (Å²) < 4.78 is 28.6. The summed E-state index contributed by atoms with van der Waals surface area (Å²) in [5.74, 6) is -0.908. The smallest absolute Gasteiger partial charge is 0.200 e. The van der Waals surface area contributed by atoms with Crippen LogP contribution in [0.1, 0.15) is 0 Å². The molecule has 0 fully saturated rings. The second-order valence-corrected chi connectivity index (χ2v) is 5.76. The normalized spacial score (nSPS) is 11.5. The Kier molecular flexibility index (Phi) is 3.05. The van der Waals surface area contributed by atoms with Crippen molar-refractivity contribution in [1.29, 1.82) is 0 Å². The maximum absolute atomic E-state index is 14.0. The molecular weight excluding hydrogens is 338 g/mol. The summed E-state index contributed by atoms with van der Waals surface area (Å²) in [6.45, 7) is 0. The number of aromatic nitrogens is 6. The molecule has 0 aliphatic rings. The zero-order valence-electron chi connectivity index (χ0n) is 13.2. The molecule has 0 amide bonds. The van der Waals surface area contributed by atoms with Crippen LogP contribution in [0.25, 0.3) is 39.3 Å². The second kappa shape index (κ2) is 5.41. The molecule has 1 N–H and O–H groups in total. The van der Waals surface area contributed by atoms with Crippen LogP contribution in [-0.4, -0.2) is 29.8 Å². The molecule has 0 spiro atoms. The van der Waals surface area contributed by atoms with Gasteiger partial charge in [0.2, 0.25) is 0 Å². The van der Waals surface area contributed by atoms with Crippen molar-refractivity contribution in [3.8, 4) is 22.8 Å². The lowest BCUT2D eigenvalue weighted by atomic mass is 10.1. The predicted octanol–water partition coefficient (Wildman–Crippen LogP) is 3.61. The Balaban J connectivity index is 1.62. The molecule has 3 heterocycles. The predicted molar refractivity (Wildman–Crippen MR) is 91.2 cm³/mol. The topological polar surface area (TPSA) is 71.8 Å². The van der Waals surface area contributed by atoms with E-state index in [0.717, 1.165) is 17.0 Å². The number of hydrogen-bond acceptors (Lipinski definition) is 4. The molecule has 6 nitrogen and oxygen atoms in total. The quantitative estimate of drug-likeness (QED) is 0.529. The van der Waals surface area contributed by atoms with Crippen LogP contribution >= 0.6 is 0 Å². The fraction of sp³-hybridized carbons (Fsp3) is 0. The monoisotopic (exact) mass is 348 g/mol. The number of nitrogens with one attached hydrogen (secondary N) is 1. The molecule has 0 aliphatic heterocycles. The van der Waals surface area contributed by atoms with Crippen molar-refractivity contribution in [2.45, 2.75) is 0 Å². The first-order chi connectivity index (χ1) is 12.7. The number of hydrogen-bond donors (Lipinski definition) is 1. The van der Waals surface area contributed by atoms with E-state index in [1.807, 2.05) is 24.3 Å². The van der Waals surface area contributed by atoms with E-state index in [1.165, 1.54) is 12.1 Å². The summed E-state index contributed by atoms with van der Waals surface area (Å²) in [7, 11) is 0. The lowest BCUT2D eigenvalue weighted by molar-refractivity contribution is 0.585. The number of rotatable bonds is 2. The van der Waals surface area contributed by atoms with Gasteiger partial charge in [-0.05, 0) is 30.3 Å². The zero-order valence-corrected chi connectivity index (χ0v) is 13.2. The highest BCUT2D eigenvalue weighted by Gasteiger charge is 2.15. The standard InChI is InChI=1S/C18H10F2N6/c19-10-5-6-11(13(20)7-10)15-8-16(24-23-15)17-22-18-12-3-1-2-4-14(12)21-9-26(18)25-17/h1-9H,(H,23,24). The van der Waals surface area contributed by atoms with Crippen molar-refractivity contribution in [2.24, 2.45) is 0 Å². The van der Waals surface area contributed by atoms with Crippen LogP contribution in [0, 0.1) is 11.6 Å². The molecule has 5 rings (SSSR count). The SMILES string of the molecule is Fc1ccc(-c2cc(-c3nc4c5ccccc5ncn4n3)[nH]n2)c(F)c1. The van der Waals surface area contributed by atoms with Crippen LogP contribution in [0.4, 0.5) is 8.78 Å². The lowest BCUT2D eigenvalue weighted by Crippen LogP contribution is -1.90. The van der Waals surface area contributed by atoms with Crippen LogP contribution in [-0.2, 0) is 0 Å². The summed E-state index contributed by atoms with van der Waals surface area (Å²) in [4.78, 5) is 8.88. The van der Waals surface area contributed by atoms with E-state index in [2.05, 4.69) is 25.3 Å². The largest absolute Gasteiger partial charge is 0.274 e. The Morgan fingerprint density at radius 2 is 1.88 bits per heavy atom. The van der Waals surface area contributed by atoms with Crippen molar-refractivity contribution in [1.82, 2.24) is 29.8 Å². The molecule has 3 aromatic heterocycles. The van der Waals surface area contributed by atoms with E-state index >= 15 is 0 Å². The summed E-state index contributed by atoms with van der Waals surface area (Å²) in [6.07, 6.45) is 1.59. The average Bonchev–Trinajstić information content (AvgIpc) is 3.28. The van der Waals surface area contributed by atoms with Crippen LogP contribution < -0.4 is 0 Å². The van der Waals surface area contributed by atoms with Crippen molar-refractivity contribution >= 4 is 16.6 Å². The van der Waals surface area contributed by atoms with Crippen LogP contribution in [0.3, 0.4) is 0 Å². The summed E-state index contributed by atoms with van der Waals surface area (Å²) in [5.41, 5.74) is 2.55. The minimum absolute atomic E-state index is 0.199. The van der Waals surface area contributed by atoms with Gasteiger partial charge in [0.05, 0.1) is 11.2 Å². The van der Waals surface area contributed by atoms with Gasteiger partial charge in [-0.15, -0.1) is 5.10 Å². The van der Waals surface area contributed by atoms with Gasteiger partial charge in [-0.3, -0.25) is 5.10 Å². The van der Waals surface area contributed by atoms with Gasteiger partial charge in [-0.1, -0.05) is 12.1 Å². The van der Waals surface area contributed by atoms with Crippen LogP contribution in [0.5, 0.6) is 0 Å². The molecule has 26 heavy (non-hydrogen) atoms. The third-order valence-corrected chi connectivity index (χ3v) is 4.11. The summed E-state index contributed by atoms with van der Waals surface area (Å²) in [6, 6.07) is 12.6.